The molecule has 98 valence electrons. The van der Waals surface area contributed by atoms with Crippen LogP contribution in [-0.4, -0.2) is 22.6 Å². The molecule has 0 bridgehead atoms. The second-order valence-electron chi connectivity index (χ2n) is 5.60. The quantitative estimate of drug-likeness (QED) is 0.830. The van der Waals surface area contributed by atoms with Gasteiger partial charge in [0.05, 0.1) is 6.33 Å². The van der Waals surface area contributed by atoms with Gasteiger partial charge in [0, 0.05) is 30.9 Å². The first kappa shape index (κ1) is 12.0. The maximum atomic E-state index is 4.38. The molecular weight excluding hydrogens is 222 g/mol. The molecule has 0 unspecified atom stereocenters. The number of imidazole rings is 1. The second kappa shape index (κ2) is 5.70. The summed E-state index contributed by atoms with van der Waals surface area (Å²) < 4.78 is 2.38. The smallest absolute Gasteiger partial charge is 0.0951 e. The number of nitrogens with one attached hydrogen (secondary N) is 1. The third-order valence-corrected chi connectivity index (χ3v) is 4.30. The molecule has 1 fully saturated rings. The summed E-state index contributed by atoms with van der Waals surface area (Å²) in [5.74, 6) is 0.753. The van der Waals surface area contributed by atoms with Gasteiger partial charge >= 0.3 is 0 Å². The summed E-state index contributed by atoms with van der Waals surface area (Å²) in [6, 6.07) is 0. The van der Waals surface area contributed by atoms with E-state index in [9.17, 15) is 0 Å². The van der Waals surface area contributed by atoms with Gasteiger partial charge in [0.2, 0.25) is 0 Å². The average Bonchev–Trinajstić information content (AvgIpc) is 2.89. The van der Waals surface area contributed by atoms with Crippen LogP contribution in [0.4, 0.5) is 0 Å². The molecule has 0 amide bonds. The normalized spacial score (nSPS) is 21.9. The zero-order valence-electron chi connectivity index (χ0n) is 11.1. The summed E-state index contributed by atoms with van der Waals surface area (Å²) in [5, 5.41) is 3.37. The van der Waals surface area contributed by atoms with Crippen molar-refractivity contribution in [3.63, 3.8) is 0 Å². The summed E-state index contributed by atoms with van der Waals surface area (Å²) >= 11 is 0. The first-order chi connectivity index (χ1) is 8.93. The average molecular weight is 245 g/mol. The van der Waals surface area contributed by atoms with Crippen molar-refractivity contribution < 1.29 is 0 Å². The minimum Gasteiger partial charge on any atom is -0.330 e. The van der Waals surface area contributed by atoms with Crippen LogP contribution < -0.4 is 5.32 Å². The Bertz CT molecular complexity index is 413. The third-order valence-electron chi connectivity index (χ3n) is 4.30. The first-order valence-electron chi connectivity index (χ1n) is 7.32. The molecule has 18 heavy (non-hydrogen) atoms. The van der Waals surface area contributed by atoms with E-state index in [1.807, 2.05) is 6.33 Å². The van der Waals surface area contributed by atoms with E-state index in [1.165, 1.54) is 44.2 Å². The Balaban J connectivity index is 1.72. The highest BCUT2D eigenvalue weighted by atomic mass is 15.0. The van der Waals surface area contributed by atoms with Crippen molar-refractivity contribution >= 4 is 0 Å². The van der Waals surface area contributed by atoms with Crippen LogP contribution in [0.1, 0.15) is 50.1 Å². The lowest BCUT2D eigenvalue weighted by Gasteiger charge is -2.23. The fourth-order valence-electron chi connectivity index (χ4n) is 3.23. The van der Waals surface area contributed by atoms with E-state index in [0.29, 0.717) is 0 Å². The number of aromatic nitrogens is 2. The van der Waals surface area contributed by atoms with E-state index in [-0.39, 0.29) is 0 Å². The second-order valence-corrected chi connectivity index (χ2v) is 5.60. The molecule has 3 heteroatoms. The molecule has 0 radical (unpaired) electrons. The molecule has 1 aromatic heterocycles. The van der Waals surface area contributed by atoms with Gasteiger partial charge in [-0.15, -0.1) is 0 Å². The van der Waals surface area contributed by atoms with Gasteiger partial charge in [0.15, 0.2) is 0 Å². The maximum Gasteiger partial charge on any atom is 0.0951 e. The topological polar surface area (TPSA) is 29.9 Å². The molecule has 0 aromatic carbocycles. The number of rotatable bonds is 3. The Kier molecular flexibility index (Phi) is 3.79. The van der Waals surface area contributed by atoms with Crippen molar-refractivity contribution in [2.24, 2.45) is 0 Å². The SMILES string of the molecule is C1=C(Cn2cncc2C2CCCCC2)CCNC1. The summed E-state index contributed by atoms with van der Waals surface area (Å²) in [6.07, 6.45) is 14.5. The Hall–Kier alpha value is -1.09. The maximum absolute atomic E-state index is 4.38. The summed E-state index contributed by atoms with van der Waals surface area (Å²) in [4.78, 5) is 4.38. The minimum atomic E-state index is 0.753. The van der Waals surface area contributed by atoms with Crippen LogP contribution in [0.3, 0.4) is 0 Å². The van der Waals surface area contributed by atoms with Gasteiger partial charge in [-0.1, -0.05) is 30.9 Å². The summed E-state index contributed by atoms with van der Waals surface area (Å²) in [6.45, 7) is 3.20. The van der Waals surface area contributed by atoms with E-state index < -0.39 is 0 Å². The Morgan fingerprint density at radius 1 is 1.28 bits per heavy atom. The summed E-state index contributed by atoms with van der Waals surface area (Å²) in [5.41, 5.74) is 3.03. The van der Waals surface area contributed by atoms with Crippen molar-refractivity contribution in [2.45, 2.75) is 51.0 Å². The van der Waals surface area contributed by atoms with Crippen molar-refractivity contribution in [3.8, 4) is 0 Å². The molecule has 1 aliphatic carbocycles. The number of hydrogen-bond acceptors (Lipinski definition) is 2. The van der Waals surface area contributed by atoms with E-state index in [1.54, 1.807) is 5.57 Å². The van der Waals surface area contributed by atoms with Crippen LogP contribution >= 0.6 is 0 Å². The van der Waals surface area contributed by atoms with E-state index in [0.717, 1.165) is 25.6 Å². The molecule has 1 N–H and O–H groups in total. The van der Waals surface area contributed by atoms with Crippen LogP contribution in [0.5, 0.6) is 0 Å². The predicted molar refractivity (Wildman–Crippen MR) is 73.6 cm³/mol. The molecule has 1 aliphatic heterocycles. The van der Waals surface area contributed by atoms with Gasteiger partial charge < -0.3 is 9.88 Å². The highest BCUT2D eigenvalue weighted by Crippen LogP contribution is 2.32. The van der Waals surface area contributed by atoms with Crippen molar-refractivity contribution in [1.29, 1.82) is 0 Å². The van der Waals surface area contributed by atoms with Crippen molar-refractivity contribution in [2.75, 3.05) is 13.1 Å². The highest BCUT2D eigenvalue weighted by molar-refractivity contribution is 5.13. The van der Waals surface area contributed by atoms with Gasteiger partial charge in [0.1, 0.15) is 0 Å². The first-order valence-corrected chi connectivity index (χ1v) is 7.32. The number of hydrogen-bond donors (Lipinski definition) is 1. The predicted octanol–water partition coefficient (Wildman–Crippen LogP) is 2.85. The van der Waals surface area contributed by atoms with Crippen LogP contribution in [0.2, 0.25) is 0 Å². The van der Waals surface area contributed by atoms with Crippen LogP contribution in [0.15, 0.2) is 24.2 Å². The molecule has 1 aromatic rings. The Labute approximate surface area is 109 Å². The lowest BCUT2D eigenvalue weighted by molar-refractivity contribution is 0.425. The third kappa shape index (κ3) is 2.66. The van der Waals surface area contributed by atoms with Crippen molar-refractivity contribution in [1.82, 2.24) is 14.9 Å². The minimum absolute atomic E-state index is 0.753. The van der Waals surface area contributed by atoms with Gasteiger partial charge in [-0.25, -0.2) is 4.98 Å². The van der Waals surface area contributed by atoms with E-state index in [2.05, 4.69) is 27.1 Å². The van der Waals surface area contributed by atoms with Crippen LogP contribution in [-0.2, 0) is 6.54 Å². The molecule has 3 nitrogen and oxygen atoms in total. The number of nitrogens with zero attached hydrogens (tertiary/aromatic N) is 2. The molecule has 0 atom stereocenters. The Morgan fingerprint density at radius 2 is 2.17 bits per heavy atom. The highest BCUT2D eigenvalue weighted by Gasteiger charge is 2.19. The van der Waals surface area contributed by atoms with Crippen LogP contribution in [0.25, 0.3) is 0 Å². The van der Waals surface area contributed by atoms with Crippen LogP contribution in [0, 0.1) is 0 Å². The monoisotopic (exact) mass is 245 g/mol. The van der Waals surface area contributed by atoms with Gasteiger partial charge in [-0.05, 0) is 25.8 Å². The molecule has 3 rings (SSSR count). The lowest BCUT2D eigenvalue weighted by Crippen LogP contribution is -2.22. The molecule has 2 aliphatic rings. The Morgan fingerprint density at radius 3 is 2.94 bits per heavy atom. The van der Waals surface area contributed by atoms with Gasteiger partial charge in [-0.2, -0.15) is 0 Å². The molecule has 0 saturated heterocycles. The van der Waals surface area contributed by atoms with E-state index in [4.69, 9.17) is 0 Å². The standard InChI is InChI=1S/C15H23N3/c1-2-4-14(5-3-1)15-10-17-12-18(15)11-13-6-8-16-9-7-13/h6,10,12,14,16H,1-5,7-9,11H2. The molecule has 2 heterocycles. The molecule has 0 spiro atoms. The zero-order valence-corrected chi connectivity index (χ0v) is 11.1. The summed E-state index contributed by atoms with van der Waals surface area (Å²) in [7, 11) is 0. The fraction of sp³-hybridized carbons (Fsp3) is 0.667. The fourth-order valence-corrected chi connectivity index (χ4v) is 3.23. The zero-order chi connectivity index (χ0) is 12.2. The van der Waals surface area contributed by atoms with E-state index >= 15 is 0 Å². The van der Waals surface area contributed by atoms with Gasteiger partial charge in [-0.3, -0.25) is 0 Å². The van der Waals surface area contributed by atoms with Crippen molar-refractivity contribution in [3.05, 3.63) is 29.9 Å². The largest absolute Gasteiger partial charge is 0.330 e. The molecular formula is C15H23N3. The molecule has 1 saturated carbocycles. The lowest BCUT2D eigenvalue weighted by atomic mass is 9.87. The van der Waals surface area contributed by atoms with Gasteiger partial charge in [0.25, 0.3) is 0 Å².